The second-order valence-electron chi connectivity index (χ2n) is 5.05. The van der Waals surface area contributed by atoms with Crippen LogP contribution in [-0.2, 0) is 12.8 Å². The van der Waals surface area contributed by atoms with E-state index in [1.54, 1.807) is 0 Å². The van der Waals surface area contributed by atoms with Crippen molar-refractivity contribution in [3.8, 4) is 5.69 Å². The molecule has 0 radical (unpaired) electrons. The van der Waals surface area contributed by atoms with Gasteiger partial charge in [0, 0.05) is 11.3 Å². The van der Waals surface area contributed by atoms with E-state index >= 15 is 0 Å². The number of para-hydroxylation sites is 1. The van der Waals surface area contributed by atoms with Crippen LogP contribution in [0.1, 0.15) is 35.4 Å². The zero-order valence-corrected chi connectivity index (χ0v) is 11.8. The van der Waals surface area contributed by atoms with Crippen LogP contribution in [0.2, 0.25) is 0 Å². The van der Waals surface area contributed by atoms with E-state index in [-0.39, 0.29) is 0 Å². The molecular weight excluding hydrogens is 254 g/mol. The van der Waals surface area contributed by atoms with Gasteiger partial charge >= 0.3 is 0 Å². The van der Waals surface area contributed by atoms with Crippen LogP contribution < -0.4 is 5.73 Å². The first-order valence-electron chi connectivity index (χ1n) is 6.63. The fourth-order valence-corrected chi connectivity index (χ4v) is 3.00. The van der Waals surface area contributed by atoms with Crippen molar-refractivity contribution < 1.29 is 0 Å². The Bertz CT molecular complexity index is 643. The molecule has 1 aromatic carbocycles. The molecule has 0 spiro atoms. The van der Waals surface area contributed by atoms with Crippen LogP contribution >= 0.6 is 12.2 Å². The average molecular weight is 271 g/mol. The van der Waals surface area contributed by atoms with Gasteiger partial charge in [0.15, 0.2) is 0 Å². The molecule has 1 aliphatic carbocycles. The van der Waals surface area contributed by atoms with E-state index in [2.05, 4.69) is 22.5 Å². The fraction of sp³-hybridized carbons (Fsp3) is 0.333. The molecule has 3 rings (SSSR count). The lowest BCUT2D eigenvalue weighted by Gasteiger charge is -2.18. The van der Waals surface area contributed by atoms with Gasteiger partial charge in [-0.15, -0.1) is 0 Å². The number of nitrogens with zero attached hydrogens (tertiary/aromatic N) is 2. The van der Waals surface area contributed by atoms with Crippen molar-refractivity contribution in [3.05, 3.63) is 47.0 Å². The van der Waals surface area contributed by atoms with Crippen molar-refractivity contribution in [1.29, 1.82) is 0 Å². The molecule has 98 valence electrons. The number of hydrogen-bond donors (Lipinski definition) is 1. The van der Waals surface area contributed by atoms with E-state index < -0.39 is 0 Å². The van der Waals surface area contributed by atoms with Gasteiger partial charge in [-0.1, -0.05) is 24.4 Å². The van der Waals surface area contributed by atoms with E-state index in [0.717, 1.165) is 24.1 Å². The molecule has 0 atom stereocenters. The Morgan fingerprint density at radius 1 is 1.32 bits per heavy atom. The van der Waals surface area contributed by atoms with Crippen LogP contribution in [0.4, 0.5) is 0 Å². The molecule has 1 aliphatic rings. The van der Waals surface area contributed by atoms with Gasteiger partial charge in [-0.2, -0.15) is 0 Å². The summed E-state index contributed by atoms with van der Waals surface area (Å²) < 4.78 is 2.18. The Morgan fingerprint density at radius 2 is 2.11 bits per heavy atom. The third-order valence-corrected chi connectivity index (χ3v) is 3.99. The third-order valence-electron chi connectivity index (χ3n) is 3.77. The molecular formula is C15H17N3S. The number of aromatic nitrogens is 2. The fourth-order valence-electron chi connectivity index (χ4n) is 2.84. The number of imidazole rings is 1. The van der Waals surface area contributed by atoms with Crippen molar-refractivity contribution in [2.45, 2.75) is 32.6 Å². The summed E-state index contributed by atoms with van der Waals surface area (Å²) in [6.45, 7) is 2.09. The molecule has 1 aromatic heterocycles. The molecule has 0 aliphatic heterocycles. The summed E-state index contributed by atoms with van der Waals surface area (Å²) in [6.07, 6.45) is 6.55. The number of hydrogen-bond acceptors (Lipinski definition) is 2. The largest absolute Gasteiger partial charge is 0.389 e. The van der Waals surface area contributed by atoms with Crippen molar-refractivity contribution in [1.82, 2.24) is 9.55 Å². The molecule has 0 fully saturated rings. The number of aryl methyl sites for hydroxylation is 2. The zero-order chi connectivity index (χ0) is 13.4. The zero-order valence-electron chi connectivity index (χ0n) is 11.0. The Balaban J connectivity index is 2.22. The van der Waals surface area contributed by atoms with Crippen LogP contribution in [0, 0.1) is 6.92 Å². The van der Waals surface area contributed by atoms with Crippen molar-refractivity contribution in [2.75, 3.05) is 0 Å². The van der Waals surface area contributed by atoms with Crippen molar-refractivity contribution in [3.63, 3.8) is 0 Å². The van der Waals surface area contributed by atoms with Gasteiger partial charge < -0.3 is 10.3 Å². The monoisotopic (exact) mass is 271 g/mol. The molecule has 0 saturated heterocycles. The molecule has 0 unspecified atom stereocenters. The third kappa shape index (κ3) is 2.06. The van der Waals surface area contributed by atoms with E-state index in [0.29, 0.717) is 4.99 Å². The SMILES string of the molecule is Cc1cccc(C(N)=S)c1-n1cnc2c1CCCC2. The van der Waals surface area contributed by atoms with Gasteiger partial charge in [-0.05, 0) is 44.2 Å². The minimum Gasteiger partial charge on any atom is -0.389 e. The highest BCUT2D eigenvalue weighted by Gasteiger charge is 2.19. The second-order valence-corrected chi connectivity index (χ2v) is 5.49. The highest BCUT2D eigenvalue weighted by atomic mass is 32.1. The van der Waals surface area contributed by atoms with Crippen LogP contribution in [0.3, 0.4) is 0 Å². The number of nitrogens with two attached hydrogens (primary N) is 1. The lowest BCUT2D eigenvalue weighted by molar-refractivity contribution is 0.655. The molecule has 0 bridgehead atoms. The normalized spacial score (nSPS) is 14.2. The summed E-state index contributed by atoms with van der Waals surface area (Å²) in [5.41, 5.74) is 11.6. The van der Waals surface area contributed by atoms with E-state index in [9.17, 15) is 0 Å². The molecule has 0 saturated carbocycles. The maximum Gasteiger partial charge on any atom is 0.106 e. The molecule has 1 heterocycles. The lowest BCUT2D eigenvalue weighted by Crippen LogP contribution is -2.16. The van der Waals surface area contributed by atoms with Crippen LogP contribution in [0.25, 0.3) is 5.69 Å². The molecule has 2 N–H and O–H groups in total. The van der Waals surface area contributed by atoms with Gasteiger partial charge in [-0.25, -0.2) is 4.98 Å². The Morgan fingerprint density at radius 3 is 2.89 bits per heavy atom. The van der Waals surface area contributed by atoms with Gasteiger partial charge in [-0.3, -0.25) is 0 Å². The summed E-state index contributed by atoms with van der Waals surface area (Å²) in [6, 6.07) is 6.07. The highest BCUT2D eigenvalue weighted by molar-refractivity contribution is 7.80. The molecule has 0 amide bonds. The smallest absolute Gasteiger partial charge is 0.106 e. The summed E-state index contributed by atoms with van der Waals surface area (Å²) in [4.78, 5) is 5.00. The first-order chi connectivity index (χ1) is 9.18. The minimum atomic E-state index is 0.442. The average Bonchev–Trinajstić information content (AvgIpc) is 2.82. The standard InChI is InChI=1S/C15H17N3S/c1-10-5-4-6-11(15(16)19)14(10)18-9-17-12-7-2-3-8-13(12)18/h4-6,9H,2-3,7-8H2,1H3,(H2,16,19). The highest BCUT2D eigenvalue weighted by Crippen LogP contribution is 2.27. The van der Waals surface area contributed by atoms with Crippen LogP contribution in [0.5, 0.6) is 0 Å². The van der Waals surface area contributed by atoms with Gasteiger partial charge in [0.2, 0.25) is 0 Å². The number of rotatable bonds is 2. The topological polar surface area (TPSA) is 43.8 Å². The molecule has 3 nitrogen and oxygen atoms in total. The van der Waals surface area contributed by atoms with Crippen LogP contribution in [0.15, 0.2) is 24.5 Å². The Kier molecular flexibility index (Phi) is 3.11. The van der Waals surface area contributed by atoms with Gasteiger partial charge in [0.05, 0.1) is 17.7 Å². The quantitative estimate of drug-likeness (QED) is 0.854. The first-order valence-corrected chi connectivity index (χ1v) is 7.04. The predicted molar refractivity (Wildman–Crippen MR) is 80.8 cm³/mol. The number of thiocarbonyl (C=S) groups is 1. The minimum absolute atomic E-state index is 0.442. The van der Waals surface area contributed by atoms with E-state index in [1.165, 1.54) is 29.8 Å². The molecule has 2 aromatic rings. The van der Waals surface area contributed by atoms with Crippen molar-refractivity contribution >= 4 is 17.2 Å². The Labute approximate surface area is 118 Å². The van der Waals surface area contributed by atoms with Gasteiger partial charge in [0.1, 0.15) is 4.99 Å². The summed E-state index contributed by atoms with van der Waals surface area (Å²) in [5.74, 6) is 0. The predicted octanol–water partition coefficient (Wildman–Crippen LogP) is 2.69. The van der Waals surface area contributed by atoms with E-state index in [1.807, 2.05) is 18.5 Å². The summed E-state index contributed by atoms with van der Waals surface area (Å²) >= 11 is 5.18. The molecule has 19 heavy (non-hydrogen) atoms. The maximum atomic E-state index is 5.86. The summed E-state index contributed by atoms with van der Waals surface area (Å²) in [7, 11) is 0. The Hall–Kier alpha value is -1.68. The number of benzene rings is 1. The van der Waals surface area contributed by atoms with Crippen molar-refractivity contribution in [2.24, 2.45) is 5.73 Å². The second kappa shape index (κ2) is 4.78. The van der Waals surface area contributed by atoms with Crippen LogP contribution in [-0.4, -0.2) is 14.5 Å². The van der Waals surface area contributed by atoms with E-state index in [4.69, 9.17) is 18.0 Å². The number of fused-ring (bicyclic) bond motifs is 1. The molecule has 4 heteroatoms. The lowest BCUT2D eigenvalue weighted by atomic mass is 10.00. The first kappa shape index (κ1) is 12.4. The van der Waals surface area contributed by atoms with Gasteiger partial charge in [0.25, 0.3) is 0 Å². The summed E-state index contributed by atoms with van der Waals surface area (Å²) in [5, 5.41) is 0. The maximum absolute atomic E-state index is 5.86.